The molecule has 1 atom stereocenters. The number of hydrogen-bond acceptors (Lipinski definition) is 3. The van der Waals surface area contributed by atoms with E-state index in [1.807, 2.05) is 62.4 Å². The van der Waals surface area contributed by atoms with E-state index in [9.17, 15) is 0 Å². The van der Waals surface area contributed by atoms with Crippen molar-refractivity contribution in [3.8, 4) is 11.5 Å². The molecule has 2 rings (SSSR count). The second-order valence-electron chi connectivity index (χ2n) is 4.31. The fraction of sp³-hybridized carbons (Fsp3) is 0.250. The van der Waals surface area contributed by atoms with Crippen molar-refractivity contribution >= 4 is 5.69 Å². The van der Waals surface area contributed by atoms with Gasteiger partial charge in [-0.2, -0.15) is 0 Å². The van der Waals surface area contributed by atoms with Gasteiger partial charge in [-0.25, -0.2) is 0 Å². The van der Waals surface area contributed by atoms with Gasteiger partial charge in [-0.15, -0.1) is 0 Å². The zero-order valence-corrected chi connectivity index (χ0v) is 11.3. The molecular formula is C16H19NO2. The maximum atomic E-state index is 5.96. The molecule has 0 bridgehead atoms. The van der Waals surface area contributed by atoms with E-state index in [-0.39, 0.29) is 6.10 Å². The average Bonchev–Trinajstić information content (AvgIpc) is 2.42. The van der Waals surface area contributed by atoms with Crippen LogP contribution >= 0.6 is 0 Å². The molecule has 2 aromatic rings. The molecule has 0 spiro atoms. The van der Waals surface area contributed by atoms with Gasteiger partial charge in [0.25, 0.3) is 0 Å². The van der Waals surface area contributed by atoms with Crippen molar-refractivity contribution in [1.29, 1.82) is 0 Å². The summed E-state index contributed by atoms with van der Waals surface area (Å²) in [5, 5.41) is 0. The van der Waals surface area contributed by atoms with E-state index in [4.69, 9.17) is 15.2 Å². The first-order chi connectivity index (χ1) is 9.20. The second-order valence-corrected chi connectivity index (χ2v) is 4.31. The maximum Gasteiger partial charge on any atom is 0.162 e. The van der Waals surface area contributed by atoms with E-state index in [0.29, 0.717) is 6.61 Å². The molecule has 3 nitrogen and oxygen atoms in total. The molecule has 100 valence electrons. The van der Waals surface area contributed by atoms with Crippen molar-refractivity contribution < 1.29 is 9.47 Å². The molecular weight excluding hydrogens is 238 g/mol. The van der Waals surface area contributed by atoms with Gasteiger partial charge in [0.2, 0.25) is 0 Å². The number of benzene rings is 2. The largest absolute Gasteiger partial charge is 0.490 e. The van der Waals surface area contributed by atoms with Crippen LogP contribution in [0.2, 0.25) is 0 Å². The quantitative estimate of drug-likeness (QED) is 0.828. The standard InChI is InChI=1S/C16H19NO2/c1-3-18-15-6-4-5-7-16(15)19-12(2)13-8-10-14(17)11-9-13/h4-12H,3,17H2,1-2H3. The predicted molar refractivity (Wildman–Crippen MR) is 77.5 cm³/mol. The summed E-state index contributed by atoms with van der Waals surface area (Å²) in [6, 6.07) is 15.4. The molecule has 0 saturated heterocycles. The number of hydrogen-bond donors (Lipinski definition) is 1. The molecule has 0 fully saturated rings. The van der Waals surface area contributed by atoms with Crippen molar-refractivity contribution in [2.75, 3.05) is 12.3 Å². The second kappa shape index (κ2) is 6.14. The molecule has 0 aliphatic carbocycles. The number of para-hydroxylation sites is 2. The Labute approximate surface area is 114 Å². The lowest BCUT2D eigenvalue weighted by Gasteiger charge is -2.17. The summed E-state index contributed by atoms with van der Waals surface area (Å²) in [4.78, 5) is 0. The minimum atomic E-state index is -0.0535. The molecule has 2 N–H and O–H groups in total. The van der Waals surface area contributed by atoms with E-state index in [1.54, 1.807) is 0 Å². The van der Waals surface area contributed by atoms with Gasteiger partial charge in [-0.3, -0.25) is 0 Å². The number of ether oxygens (including phenoxy) is 2. The van der Waals surface area contributed by atoms with Gasteiger partial charge in [0.1, 0.15) is 6.10 Å². The molecule has 0 saturated carbocycles. The summed E-state index contributed by atoms with van der Waals surface area (Å²) in [6.07, 6.45) is -0.0535. The summed E-state index contributed by atoms with van der Waals surface area (Å²) >= 11 is 0. The third kappa shape index (κ3) is 3.41. The van der Waals surface area contributed by atoms with E-state index in [2.05, 4.69) is 0 Å². The van der Waals surface area contributed by atoms with Crippen LogP contribution in [0.25, 0.3) is 0 Å². The van der Waals surface area contributed by atoms with Crippen LogP contribution in [-0.2, 0) is 0 Å². The van der Waals surface area contributed by atoms with Crippen LogP contribution in [0.1, 0.15) is 25.5 Å². The van der Waals surface area contributed by atoms with Crippen LogP contribution in [0.15, 0.2) is 48.5 Å². The number of rotatable bonds is 5. The summed E-state index contributed by atoms with van der Waals surface area (Å²) in [7, 11) is 0. The van der Waals surface area contributed by atoms with Crippen LogP contribution in [0.5, 0.6) is 11.5 Å². The minimum Gasteiger partial charge on any atom is -0.490 e. The topological polar surface area (TPSA) is 44.5 Å². The normalized spacial score (nSPS) is 11.9. The molecule has 0 radical (unpaired) electrons. The highest BCUT2D eigenvalue weighted by Crippen LogP contribution is 2.31. The summed E-state index contributed by atoms with van der Waals surface area (Å²) in [5.74, 6) is 1.53. The van der Waals surface area contributed by atoms with E-state index in [0.717, 1.165) is 22.7 Å². The lowest BCUT2D eigenvalue weighted by atomic mass is 10.1. The molecule has 19 heavy (non-hydrogen) atoms. The zero-order chi connectivity index (χ0) is 13.7. The Bertz CT molecular complexity index is 523. The Morgan fingerprint density at radius 3 is 2.26 bits per heavy atom. The monoisotopic (exact) mass is 257 g/mol. The molecule has 0 aromatic heterocycles. The Hall–Kier alpha value is -2.16. The molecule has 3 heteroatoms. The van der Waals surface area contributed by atoms with Crippen molar-refractivity contribution in [2.45, 2.75) is 20.0 Å². The fourth-order valence-corrected chi connectivity index (χ4v) is 1.85. The molecule has 0 amide bonds. The highest BCUT2D eigenvalue weighted by molar-refractivity contribution is 5.42. The number of anilines is 1. The summed E-state index contributed by atoms with van der Waals surface area (Å²) in [6.45, 7) is 4.59. The first-order valence-electron chi connectivity index (χ1n) is 6.44. The average molecular weight is 257 g/mol. The molecule has 1 unspecified atom stereocenters. The Kier molecular flexibility index (Phi) is 4.29. The summed E-state index contributed by atoms with van der Waals surface area (Å²) < 4.78 is 11.5. The lowest BCUT2D eigenvalue weighted by Crippen LogP contribution is -2.05. The highest BCUT2D eigenvalue weighted by atomic mass is 16.5. The molecule has 0 heterocycles. The van der Waals surface area contributed by atoms with Crippen LogP contribution in [0, 0.1) is 0 Å². The summed E-state index contributed by atoms with van der Waals surface area (Å²) in [5.41, 5.74) is 7.52. The first kappa shape index (κ1) is 13.3. The Morgan fingerprint density at radius 1 is 1.00 bits per heavy atom. The molecule has 2 aromatic carbocycles. The highest BCUT2D eigenvalue weighted by Gasteiger charge is 2.10. The number of nitrogen functional groups attached to an aromatic ring is 1. The smallest absolute Gasteiger partial charge is 0.162 e. The lowest BCUT2D eigenvalue weighted by molar-refractivity contribution is 0.211. The third-order valence-corrected chi connectivity index (χ3v) is 2.86. The first-order valence-corrected chi connectivity index (χ1v) is 6.44. The van der Waals surface area contributed by atoms with Gasteiger partial charge in [0, 0.05) is 5.69 Å². The van der Waals surface area contributed by atoms with Crippen molar-refractivity contribution in [2.24, 2.45) is 0 Å². The Balaban J connectivity index is 2.14. The van der Waals surface area contributed by atoms with Gasteiger partial charge in [0.15, 0.2) is 11.5 Å². The predicted octanol–water partition coefficient (Wildman–Crippen LogP) is 3.81. The zero-order valence-electron chi connectivity index (χ0n) is 11.3. The molecule has 0 aliphatic heterocycles. The van der Waals surface area contributed by atoms with Crippen LogP contribution < -0.4 is 15.2 Å². The van der Waals surface area contributed by atoms with E-state index < -0.39 is 0 Å². The van der Waals surface area contributed by atoms with Crippen LogP contribution in [0.3, 0.4) is 0 Å². The van der Waals surface area contributed by atoms with E-state index in [1.165, 1.54) is 0 Å². The third-order valence-electron chi connectivity index (χ3n) is 2.86. The Morgan fingerprint density at radius 2 is 1.63 bits per heavy atom. The SMILES string of the molecule is CCOc1ccccc1OC(C)c1ccc(N)cc1. The van der Waals surface area contributed by atoms with Crippen LogP contribution in [0.4, 0.5) is 5.69 Å². The van der Waals surface area contributed by atoms with Crippen molar-refractivity contribution in [1.82, 2.24) is 0 Å². The fourth-order valence-electron chi connectivity index (χ4n) is 1.85. The van der Waals surface area contributed by atoms with Crippen LogP contribution in [-0.4, -0.2) is 6.61 Å². The van der Waals surface area contributed by atoms with Gasteiger partial charge < -0.3 is 15.2 Å². The molecule has 0 aliphatic rings. The maximum absolute atomic E-state index is 5.96. The van der Waals surface area contributed by atoms with E-state index >= 15 is 0 Å². The van der Waals surface area contributed by atoms with Crippen molar-refractivity contribution in [3.05, 3.63) is 54.1 Å². The van der Waals surface area contributed by atoms with Gasteiger partial charge in [-0.05, 0) is 43.7 Å². The van der Waals surface area contributed by atoms with Gasteiger partial charge in [-0.1, -0.05) is 24.3 Å². The van der Waals surface area contributed by atoms with Gasteiger partial charge >= 0.3 is 0 Å². The minimum absolute atomic E-state index is 0.0535. The van der Waals surface area contributed by atoms with Gasteiger partial charge in [0.05, 0.1) is 6.61 Å². The van der Waals surface area contributed by atoms with Crippen molar-refractivity contribution in [3.63, 3.8) is 0 Å². The number of nitrogens with two attached hydrogens (primary N) is 1.